The fraction of sp³-hybridized carbons (Fsp3) is 0.931. The summed E-state index contributed by atoms with van der Waals surface area (Å²) < 4.78 is 0. The average Bonchev–Trinajstić information content (AvgIpc) is 3.08. The van der Waals surface area contributed by atoms with Gasteiger partial charge in [0, 0.05) is 18.3 Å². The first-order valence-corrected chi connectivity index (χ1v) is 13.5. The van der Waals surface area contributed by atoms with Crippen LogP contribution in [-0.4, -0.2) is 33.5 Å². The molecule has 4 saturated carbocycles. The Bertz CT molecular complexity index is 814. The third kappa shape index (κ3) is 3.51. The van der Waals surface area contributed by atoms with Crippen LogP contribution in [0.3, 0.4) is 0 Å². The first-order valence-electron chi connectivity index (χ1n) is 13.5. The molecule has 0 radical (unpaired) electrons. The van der Waals surface area contributed by atoms with Crippen LogP contribution >= 0.6 is 0 Å². The van der Waals surface area contributed by atoms with Gasteiger partial charge in [-0.3, -0.25) is 4.79 Å². The molecule has 0 amide bonds. The summed E-state index contributed by atoms with van der Waals surface area (Å²) in [6.45, 7) is 15.2. The van der Waals surface area contributed by atoms with E-state index in [0.717, 1.165) is 38.5 Å². The predicted octanol–water partition coefficient (Wildman–Crippen LogP) is 5.72. The molecule has 0 bridgehead atoms. The summed E-state index contributed by atoms with van der Waals surface area (Å²) >= 11 is 0. The molecule has 0 heterocycles. The Morgan fingerprint density at radius 1 is 1.03 bits per heavy atom. The third-order valence-corrected chi connectivity index (χ3v) is 12.1. The minimum absolute atomic E-state index is 0.0237. The Hall–Kier alpha value is -0.740. The Labute approximate surface area is 201 Å². The molecule has 4 aliphatic carbocycles. The van der Waals surface area contributed by atoms with Crippen molar-refractivity contribution < 1.29 is 19.8 Å². The van der Waals surface area contributed by atoms with Crippen molar-refractivity contribution in [3.8, 4) is 0 Å². The summed E-state index contributed by atoms with van der Waals surface area (Å²) in [5.41, 5.74) is -0.994. The standard InChI is InChI=1S/C29H48O4/c1-18(30)9-8-13-29(7,33)19-10-15-28(6)24(19)20(31)17-22-26(4)14-12-23(32)25(2,3)21(26)11-16-27(22,28)5/h19-22,24,31,33H,8-17H2,1-7H3/t19-,20+,21-,22+,24-,26-,27+,28+,29-/m0/s1. The maximum absolute atomic E-state index is 12.8. The van der Waals surface area contributed by atoms with Gasteiger partial charge in [-0.15, -0.1) is 0 Å². The molecular formula is C29H48O4. The van der Waals surface area contributed by atoms with Crippen LogP contribution in [0, 0.1) is 45.3 Å². The topological polar surface area (TPSA) is 74.6 Å². The van der Waals surface area contributed by atoms with Gasteiger partial charge < -0.3 is 15.0 Å². The number of aliphatic hydroxyl groups excluding tert-OH is 1. The fourth-order valence-corrected chi connectivity index (χ4v) is 10.1. The molecule has 4 aliphatic rings. The van der Waals surface area contributed by atoms with Gasteiger partial charge in [-0.1, -0.05) is 34.6 Å². The molecule has 9 atom stereocenters. The number of carbonyl (C=O) groups excluding carboxylic acids is 2. The van der Waals surface area contributed by atoms with Crippen molar-refractivity contribution in [1.29, 1.82) is 0 Å². The smallest absolute Gasteiger partial charge is 0.138 e. The van der Waals surface area contributed by atoms with Gasteiger partial charge in [-0.25, -0.2) is 0 Å². The molecule has 0 aromatic carbocycles. The van der Waals surface area contributed by atoms with Crippen molar-refractivity contribution in [2.24, 2.45) is 45.3 Å². The van der Waals surface area contributed by atoms with Gasteiger partial charge in [0.1, 0.15) is 11.6 Å². The number of aliphatic hydroxyl groups is 2. The first-order chi connectivity index (χ1) is 15.1. The average molecular weight is 461 g/mol. The molecule has 2 N–H and O–H groups in total. The maximum atomic E-state index is 12.8. The lowest BCUT2D eigenvalue weighted by molar-refractivity contribution is -0.232. The molecule has 4 rings (SSSR count). The van der Waals surface area contributed by atoms with Crippen LogP contribution in [0.4, 0.5) is 0 Å². The van der Waals surface area contributed by atoms with Crippen molar-refractivity contribution >= 4 is 11.6 Å². The summed E-state index contributed by atoms with van der Waals surface area (Å²) in [5.74, 6) is 1.52. The molecule has 0 spiro atoms. The predicted molar refractivity (Wildman–Crippen MR) is 131 cm³/mol. The van der Waals surface area contributed by atoms with E-state index in [9.17, 15) is 19.8 Å². The van der Waals surface area contributed by atoms with Crippen molar-refractivity contribution in [3.05, 3.63) is 0 Å². The van der Waals surface area contributed by atoms with E-state index < -0.39 is 11.7 Å². The fourth-order valence-electron chi connectivity index (χ4n) is 10.1. The van der Waals surface area contributed by atoms with E-state index in [1.807, 2.05) is 6.92 Å². The highest BCUT2D eigenvalue weighted by Crippen LogP contribution is 2.75. The molecular weight excluding hydrogens is 412 g/mol. The minimum Gasteiger partial charge on any atom is -0.393 e. The Morgan fingerprint density at radius 3 is 2.30 bits per heavy atom. The highest BCUT2D eigenvalue weighted by atomic mass is 16.3. The highest BCUT2D eigenvalue weighted by molar-refractivity contribution is 5.85. The number of hydrogen-bond donors (Lipinski definition) is 2. The van der Waals surface area contributed by atoms with Crippen molar-refractivity contribution in [1.82, 2.24) is 0 Å². The quantitative estimate of drug-likeness (QED) is 0.550. The molecule has 4 heteroatoms. The van der Waals surface area contributed by atoms with E-state index in [1.165, 1.54) is 0 Å². The second kappa shape index (κ2) is 7.88. The van der Waals surface area contributed by atoms with E-state index in [2.05, 4.69) is 34.6 Å². The highest BCUT2D eigenvalue weighted by Gasteiger charge is 2.71. The molecule has 0 aromatic heterocycles. The lowest BCUT2D eigenvalue weighted by Gasteiger charge is -2.69. The number of fused-ring (bicyclic) bond motifs is 5. The van der Waals surface area contributed by atoms with Gasteiger partial charge in [-0.2, -0.15) is 0 Å². The zero-order chi connectivity index (χ0) is 24.6. The molecule has 0 aliphatic heterocycles. The van der Waals surface area contributed by atoms with Crippen molar-refractivity contribution in [2.45, 2.75) is 124 Å². The van der Waals surface area contributed by atoms with Gasteiger partial charge in [-0.05, 0) is 105 Å². The number of Topliss-reactive ketones (excluding diaryl/α,β-unsaturated/α-hetero) is 2. The van der Waals surface area contributed by atoms with Crippen LogP contribution in [-0.2, 0) is 9.59 Å². The van der Waals surface area contributed by atoms with Crippen LogP contribution in [0.5, 0.6) is 0 Å². The van der Waals surface area contributed by atoms with Crippen LogP contribution in [0.1, 0.15) is 113 Å². The SMILES string of the molecule is CC(=O)CCC[C@](C)(O)[C@H]1CC[C@]2(C)[C@@H]1[C@H](O)C[C@@H]1[C@@]3(C)CCC(=O)C(C)(C)[C@@H]3CC[C@]12C. The van der Waals surface area contributed by atoms with Gasteiger partial charge in [0.25, 0.3) is 0 Å². The summed E-state index contributed by atoms with van der Waals surface area (Å²) in [6.07, 6.45) is 7.99. The monoisotopic (exact) mass is 460 g/mol. The number of ketones is 2. The van der Waals surface area contributed by atoms with Crippen molar-refractivity contribution in [3.63, 3.8) is 0 Å². The minimum atomic E-state index is -0.859. The van der Waals surface area contributed by atoms with Crippen LogP contribution in [0.15, 0.2) is 0 Å². The largest absolute Gasteiger partial charge is 0.393 e. The number of hydrogen-bond acceptors (Lipinski definition) is 4. The Balaban J connectivity index is 1.65. The number of carbonyl (C=O) groups is 2. The maximum Gasteiger partial charge on any atom is 0.138 e. The molecule has 0 unspecified atom stereocenters. The zero-order valence-corrected chi connectivity index (χ0v) is 22.2. The zero-order valence-electron chi connectivity index (χ0n) is 22.2. The lowest BCUT2D eigenvalue weighted by atomic mass is 9.35. The summed E-state index contributed by atoms with van der Waals surface area (Å²) in [7, 11) is 0. The molecule has 0 aromatic rings. The van der Waals surface area contributed by atoms with Crippen LogP contribution < -0.4 is 0 Å². The van der Waals surface area contributed by atoms with Gasteiger partial charge >= 0.3 is 0 Å². The first kappa shape index (κ1) is 25.4. The van der Waals surface area contributed by atoms with E-state index in [1.54, 1.807) is 6.92 Å². The molecule has 188 valence electrons. The Morgan fingerprint density at radius 2 is 1.67 bits per heavy atom. The van der Waals surface area contributed by atoms with Gasteiger partial charge in [0.2, 0.25) is 0 Å². The third-order valence-electron chi connectivity index (χ3n) is 12.1. The lowest BCUT2D eigenvalue weighted by Crippen LogP contribution is -2.66. The summed E-state index contributed by atoms with van der Waals surface area (Å²) in [6, 6.07) is 0. The second-order valence-electron chi connectivity index (χ2n) is 14.0. The molecule has 4 fully saturated rings. The Kier molecular flexibility index (Phi) is 6.06. The molecule has 4 nitrogen and oxygen atoms in total. The van der Waals surface area contributed by atoms with Crippen LogP contribution in [0.25, 0.3) is 0 Å². The van der Waals surface area contributed by atoms with Gasteiger partial charge in [0.05, 0.1) is 11.7 Å². The number of rotatable bonds is 5. The van der Waals surface area contributed by atoms with Gasteiger partial charge in [0.15, 0.2) is 0 Å². The summed E-state index contributed by atoms with van der Waals surface area (Å²) in [4.78, 5) is 24.3. The van der Waals surface area contributed by atoms with E-state index >= 15 is 0 Å². The normalized spacial score (nSPS) is 48.4. The molecule has 33 heavy (non-hydrogen) atoms. The van der Waals surface area contributed by atoms with E-state index in [4.69, 9.17) is 0 Å². The molecule has 0 saturated heterocycles. The summed E-state index contributed by atoms with van der Waals surface area (Å²) in [5, 5.41) is 23.3. The van der Waals surface area contributed by atoms with E-state index in [-0.39, 0.29) is 39.3 Å². The van der Waals surface area contributed by atoms with Crippen LogP contribution in [0.2, 0.25) is 0 Å². The van der Waals surface area contributed by atoms with Crippen molar-refractivity contribution in [2.75, 3.05) is 0 Å². The van der Waals surface area contributed by atoms with E-state index in [0.29, 0.717) is 43.3 Å². The second-order valence-corrected chi connectivity index (χ2v) is 14.0.